The molecular weight excluding hydrogens is 458 g/mol. The number of carbonyl (C=O) groups is 1. The number of pyridine rings is 1. The van der Waals surface area contributed by atoms with Crippen molar-refractivity contribution in [1.29, 1.82) is 0 Å². The number of nitrogens with zero attached hydrogens (tertiary/aromatic N) is 5. The Morgan fingerprint density at radius 3 is 2.83 bits per heavy atom. The van der Waals surface area contributed by atoms with Gasteiger partial charge in [-0.25, -0.2) is 14.5 Å². The van der Waals surface area contributed by atoms with Gasteiger partial charge in [-0.1, -0.05) is 0 Å². The molecule has 0 spiro atoms. The molecule has 9 heteroatoms. The summed E-state index contributed by atoms with van der Waals surface area (Å²) < 4.78 is 19.8. The minimum atomic E-state index is -0.186. The van der Waals surface area contributed by atoms with Gasteiger partial charge in [-0.15, -0.1) is 5.10 Å². The summed E-state index contributed by atoms with van der Waals surface area (Å²) >= 11 is 0. The highest BCUT2D eigenvalue weighted by Gasteiger charge is 2.23. The SMILES string of the molecule is CCN(CCOC(C)(C)C)c1nccc2oc(-c3cnc4ccc(OC[C@H]5CCC(=O)C5)nn34)cc12. The largest absolute Gasteiger partial charge is 0.476 e. The van der Waals surface area contributed by atoms with E-state index in [-0.39, 0.29) is 11.5 Å². The molecule has 9 nitrogen and oxygen atoms in total. The van der Waals surface area contributed by atoms with Crippen LogP contribution in [0.2, 0.25) is 0 Å². The highest BCUT2D eigenvalue weighted by Crippen LogP contribution is 2.33. The van der Waals surface area contributed by atoms with Crippen LogP contribution in [0, 0.1) is 5.92 Å². The Bertz CT molecular complexity index is 1370. The van der Waals surface area contributed by atoms with Gasteiger partial charge >= 0.3 is 0 Å². The van der Waals surface area contributed by atoms with Crippen LogP contribution in [0.4, 0.5) is 5.82 Å². The molecule has 4 aromatic rings. The van der Waals surface area contributed by atoms with Gasteiger partial charge in [0.15, 0.2) is 11.4 Å². The Balaban J connectivity index is 1.40. The zero-order valence-electron chi connectivity index (χ0n) is 21.4. The molecule has 1 saturated carbocycles. The Kier molecular flexibility index (Phi) is 6.66. The highest BCUT2D eigenvalue weighted by molar-refractivity contribution is 5.92. The standard InChI is InChI=1S/C27H33N5O4/c1-5-31(12-13-35-27(2,3)4)26-20-15-23(36-22(20)10-11-28-26)21-16-29-24-8-9-25(30-32(21)24)34-17-18-6-7-19(33)14-18/h8-11,15-16,18H,5-7,12-14,17H2,1-4H3/t18-/m0/s1. The van der Waals surface area contributed by atoms with Gasteiger partial charge in [0, 0.05) is 44.1 Å². The molecule has 0 bridgehead atoms. The Hall–Kier alpha value is -3.46. The maximum absolute atomic E-state index is 11.5. The normalized spacial score (nSPS) is 16.3. The summed E-state index contributed by atoms with van der Waals surface area (Å²) in [6, 6.07) is 7.54. The molecule has 0 amide bonds. The number of carbonyl (C=O) groups excluding carboxylic acids is 1. The summed E-state index contributed by atoms with van der Waals surface area (Å²) in [6.07, 6.45) is 5.63. The predicted octanol–water partition coefficient (Wildman–Crippen LogP) is 4.93. The average molecular weight is 492 g/mol. The van der Waals surface area contributed by atoms with E-state index in [1.54, 1.807) is 16.9 Å². The number of aromatic nitrogens is 4. The van der Waals surface area contributed by atoms with Crippen LogP contribution in [0.15, 0.2) is 41.1 Å². The molecule has 0 aromatic carbocycles. The van der Waals surface area contributed by atoms with Gasteiger partial charge in [-0.2, -0.15) is 0 Å². The third-order valence-corrected chi connectivity index (χ3v) is 6.41. The fourth-order valence-corrected chi connectivity index (χ4v) is 4.54. The number of anilines is 1. The van der Waals surface area contributed by atoms with Crippen LogP contribution < -0.4 is 9.64 Å². The number of furan rings is 1. The molecule has 4 aromatic heterocycles. The van der Waals surface area contributed by atoms with Crippen LogP contribution in [0.3, 0.4) is 0 Å². The van der Waals surface area contributed by atoms with Gasteiger partial charge in [-0.3, -0.25) is 4.79 Å². The second-order valence-electron chi connectivity index (χ2n) is 10.2. The fourth-order valence-electron chi connectivity index (χ4n) is 4.54. The molecule has 0 unspecified atom stereocenters. The topological polar surface area (TPSA) is 95.0 Å². The van der Waals surface area contributed by atoms with E-state index in [0.29, 0.717) is 49.1 Å². The van der Waals surface area contributed by atoms with Crippen molar-refractivity contribution in [3.05, 3.63) is 36.7 Å². The average Bonchev–Trinajstić information content (AvgIpc) is 3.57. The number of rotatable bonds is 9. The molecule has 1 atom stereocenters. The maximum Gasteiger partial charge on any atom is 0.231 e. The number of ether oxygens (including phenoxy) is 2. The molecule has 1 aliphatic rings. The van der Waals surface area contributed by atoms with Crippen LogP contribution in [-0.4, -0.2) is 57.3 Å². The van der Waals surface area contributed by atoms with E-state index < -0.39 is 0 Å². The molecule has 0 radical (unpaired) electrons. The summed E-state index contributed by atoms with van der Waals surface area (Å²) in [7, 11) is 0. The van der Waals surface area contributed by atoms with Crippen molar-refractivity contribution >= 4 is 28.2 Å². The van der Waals surface area contributed by atoms with Gasteiger partial charge < -0.3 is 18.8 Å². The lowest BCUT2D eigenvalue weighted by Crippen LogP contribution is -2.31. The summed E-state index contributed by atoms with van der Waals surface area (Å²) in [5.41, 5.74) is 1.99. The van der Waals surface area contributed by atoms with Crippen LogP contribution >= 0.6 is 0 Å². The quantitative estimate of drug-likeness (QED) is 0.325. The van der Waals surface area contributed by atoms with Gasteiger partial charge in [-0.05, 0) is 52.3 Å². The first kappa shape index (κ1) is 24.2. The van der Waals surface area contributed by atoms with Crippen molar-refractivity contribution in [1.82, 2.24) is 19.6 Å². The van der Waals surface area contributed by atoms with Crippen molar-refractivity contribution in [2.24, 2.45) is 5.92 Å². The molecule has 190 valence electrons. The number of fused-ring (bicyclic) bond motifs is 2. The summed E-state index contributed by atoms with van der Waals surface area (Å²) in [6.45, 7) is 10.9. The van der Waals surface area contributed by atoms with E-state index in [2.05, 4.69) is 47.7 Å². The van der Waals surface area contributed by atoms with Crippen LogP contribution in [0.1, 0.15) is 47.0 Å². The predicted molar refractivity (Wildman–Crippen MR) is 137 cm³/mol. The lowest BCUT2D eigenvalue weighted by molar-refractivity contribution is -0.117. The number of imidazole rings is 1. The van der Waals surface area contributed by atoms with Crippen molar-refractivity contribution in [2.75, 3.05) is 31.2 Å². The molecule has 1 fully saturated rings. The highest BCUT2D eigenvalue weighted by atomic mass is 16.5. The van der Waals surface area contributed by atoms with Crippen LogP contribution in [0.5, 0.6) is 5.88 Å². The van der Waals surface area contributed by atoms with E-state index in [1.165, 1.54) is 0 Å². The lowest BCUT2D eigenvalue weighted by atomic mass is 10.1. The minimum Gasteiger partial charge on any atom is -0.476 e. The number of hydrogen-bond donors (Lipinski definition) is 0. The first-order valence-electron chi connectivity index (χ1n) is 12.6. The van der Waals surface area contributed by atoms with Gasteiger partial charge in [0.25, 0.3) is 0 Å². The molecule has 36 heavy (non-hydrogen) atoms. The number of ketones is 1. The Labute approximate surface area is 210 Å². The number of hydrogen-bond acceptors (Lipinski definition) is 8. The van der Waals surface area contributed by atoms with Gasteiger partial charge in [0.2, 0.25) is 5.88 Å². The van der Waals surface area contributed by atoms with Crippen LogP contribution in [-0.2, 0) is 9.53 Å². The van der Waals surface area contributed by atoms with E-state index in [4.69, 9.17) is 13.9 Å². The first-order chi connectivity index (χ1) is 17.3. The smallest absolute Gasteiger partial charge is 0.231 e. The third kappa shape index (κ3) is 5.21. The van der Waals surface area contributed by atoms with Crippen LogP contribution in [0.25, 0.3) is 28.1 Å². The molecule has 0 saturated heterocycles. The van der Waals surface area contributed by atoms with Crippen molar-refractivity contribution in [3.63, 3.8) is 0 Å². The van der Waals surface area contributed by atoms with E-state index in [9.17, 15) is 4.79 Å². The molecule has 4 heterocycles. The number of likely N-dealkylation sites (N-methyl/N-ethyl adjacent to an activating group) is 1. The Morgan fingerprint density at radius 2 is 2.08 bits per heavy atom. The maximum atomic E-state index is 11.5. The van der Waals surface area contributed by atoms with E-state index in [1.807, 2.05) is 24.3 Å². The molecular formula is C27H33N5O4. The molecule has 0 aliphatic heterocycles. The van der Waals surface area contributed by atoms with E-state index >= 15 is 0 Å². The molecule has 0 N–H and O–H groups in total. The zero-order chi connectivity index (χ0) is 25.3. The van der Waals surface area contributed by atoms with Crippen molar-refractivity contribution < 1.29 is 18.7 Å². The minimum absolute atomic E-state index is 0.186. The molecule has 5 rings (SSSR count). The number of Topliss-reactive ketones (excluding diaryl/α,β-unsaturated/α-hetero) is 1. The second-order valence-corrected chi connectivity index (χ2v) is 10.2. The Morgan fingerprint density at radius 1 is 1.22 bits per heavy atom. The van der Waals surface area contributed by atoms with Gasteiger partial charge in [0.1, 0.15) is 22.9 Å². The second kappa shape index (κ2) is 9.89. The zero-order valence-corrected chi connectivity index (χ0v) is 21.4. The fraction of sp³-hybridized carbons (Fsp3) is 0.481. The monoisotopic (exact) mass is 491 g/mol. The third-order valence-electron chi connectivity index (χ3n) is 6.41. The van der Waals surface area contributed by atoms with Crippen molar-refractivity contribution in [2.45, 2.75) is 52.6 Å². The van der Waals surface area contributed by atoms with Crippen molar-refractivity contribution in [3.8, 4) is 17.3 Å². The molecule has 1 aliphatic carbocycles. The summed E-state index contributed by atoms with van der Waals surface area (Å²) in [4.78, 5) is 22.9. The van der Waals surface area contributed by atoms with E-state index in [0.717, 1.165) is 42.0 Å². The van der Waals surface area contributed by atoms with Gasteiger partial charge in [0.05, 0.1) is 30.4 Å². The first-order valence-corrected chi connectivity index (χ1v) is 12.6. The lowest BCUT2D eigenvalue weighted by Gasteiger charge is -2.25. The summed E-state index contributed by atoms with van der Waals surface area (Å²) in [5, 5.41) is 5.57. The summed E-state index contributed by atoms with van der Waals surface area (Å²) in [5.74, 6) is 2.58.